The predicted octanol–water partition coefficient (Wildman–Crippen LogP) is 4.18. The molecule has 2 heteroatoms. The van der Waals surface area contributed by atoms with Crippen molar-refractivity contribution in [1.82, 2.24) is 0 Å². The second-order valence-corrected chi connectivity index (χ2v) is 2.33. The third kappa shape index (κ3) is 7.74. The van der Waals surface area contributed by atoms with Crippen LogP contribution in [0.1, 0.15) is 38.8 Å². The molecule has 0 saturated carbocycles. The molecule has 0 N–H and O–H groups in total. The van der Waals surface area contributed by atoms with Gasteiger partial charge in [-0.15, -0.1) is 5.16 Å². The fourth-order valence-corrected chi connectivity index (χ4v) is 0.887. The highest BCUT2D eigenvalue weighted by molar-refractivity contribution is 5.25. The van der Waals surface area contributed by atoms with E-state index in [1.807, 2.05) is 58.9 Å². The molecule has 0 aliphatic heterocycles. The molecular formula is C13H23NO. The Balaban J connectivity index is 0. The highest BCUT2D eigenvalue weighted by Crippen LogP contribution is 2.07. The molecule has 0 atom stereocenters. The third-order valence-electron chi connectivity index (χ3n) is 1.57. The van der Waals surface area contributed by atoms with Gasteiger partial charge in [0.25, 0.3) is 0 Å². The summed E-state index contributed by atoms with van der Waals surface area (Å²) in [4.78, 5) is 4.81. The van der Waals surface area contributed by atoms with E-state index < -0.39 is 0 Å². The summed E-state index contributed by atoms with van der Waals surface area (Å²) in [7, 11) is 0. The van der Waals surface area contributed by atoms with Gasteiger partial charge >= 0.3 is 0 Å². The summed E-state index contributed by atoms with van der Waals surface area (Å²) in [6.07, 6.45) is 0. The highest BCUT2D eigenvalue weighted by atomic mass is 16.6. The number of rotatable bonds is 3. The molecular weight excluding hydrogens is 186 g/mol. The van der Waals surface area contributed by atoms with Crippen molar-refractivity contribution in [2.45, 2.75) is 41.2 Å². The molecule has 0 fully saturated rings. The molecule has 1 rings (SSSR count). The molecule has 15 heavy (non-hydrogen) atoms. The maximum atomic E-state index is 4.81. The van der Waals surface area contributed by atoms with Gasteiger partial charge in [-0.1, -0.05) is 52.0 Å². The second kappa shape index (κ2) is 12.7. The first-order valence-corrected chi connectivity index (χ1v) is 5.47. The summed E-state index contributed by atoms with van der Waals surface area (Å²) < 4.78 is 0. The van der Waals surface area contributed by atoms with Crippen molar-refractivity contribution in [3.8, 4) is 0 Å². The summed E-state index contributed by atoms with van der Waals surface area (Å²) >= 11 is 0. The van der Waals surface area contributed by atoms with E-state index in [-0.39, 0.29) is 0 Å². The van der Waals surface area contributed by atoms with E-state index >= 15 is 0 Å². The van der Waals surface area contributed by atoms with Crippen LogP contribution in [0.3, 0.4) is 0 Å². The van der Waals surface area contributed by atoms with E-state index in [0.29, 0.717) is 6.61 Å². The Morgan fingerprint density at radius 1 is 1.13 bits per heavy atom. The quantitative estimate of drug-likeness (QED) is 0.540. The minimum Gasteiger partial charge on any atom is -0.391 e. The maximum Gasteiger partial charge on any atom is 0.142 e. The van der Waals surface area contributed by atoms with Gasteiger partial charge in [0.1, 0.15) is 6.61 Å². The lowest BCUT2D eigenvalue weighted by Crippen LogP contribution is -1.89. The van der Waals surface area contributed by atoms with Gasteiger partial charge in [-0.2, -0.15) is 0 Å². The van der Waals surface area contributed by atoms with Crippen LogP contribution in [0.25, 0.3) is 0 Å². The smallest absolute Gasteiger partial charge is 0.142 e. The average molecular weight is 209 g/mol. The summed E-state index contributed by atoms with van der Waals surface area (Å²) in [5, 5.41) is 3.32. The lowest BCUT2D eigenvalue weighted by atomic mass is 10.1. The molecule has 0 spiro atoms. The van der Waals surface area contributed by atoms with Gasteiger partial charge in [0.15, 0.2) is 0 Å². The molecule has 1 aromatic rings. The van der Waals surface area contributed by atoms with Crippen molar-refractivity contribution in [2.75, 3.05) is 0 Å². The van der Waals surface area contributed by atoms with Crippen LogP contribution in [-0.4, -0.2) is 6.72 Å². The number of oxime groups is 1. The van der Waals surface area contributed by atoms with Crippen molar-refractivity contribution < 1.29 is 4.84 Å². The van der Waals surface area contributed by atoms with E-state index in [4.69, 9.17) is 4.84 Å². The van der Waals surface area contributed by atoms with Crippen LogP contribution in [0, 0.1) is 6.92 Å². The molecule has 1 aromatic carbocycles. The number of benzene rings is 1. The van der Waals surface area contributed by atoms with Gasteiger partial charge in [0, 0.05) is 6.72 Å². The maximum absolute atomic E-state index is 4.81. The molecule has 0 saturated heterocycles. The molecule has 0 aliphatic rings. The molecule has 0 radical (unpaired) electrons. The number of hydrogen-bond acceptors (Lipinski definition) is 2. The predicted molar refractivity (Wildman–Crippen MR) is 68.2 cm³/mol. The Morgan fingerprint density at radius 3 is 2.13 bits per heavy atom. The molecule has 0 heterocycles. The zero-order valence-corrected chi connectivity index (χ0v) is 10.6. The van der Waals surface area contributed by atoms with Crippen molar-refractivity contribution >= 4 is 6.72 Å². The van der Waals surface area contributed by atoms with Gasteiger partial charge in [-0.05, 0) is 18.1 Å². The van der Waals surface area contributed by atoms with Crippen molar-refractivity contribution in [1.29, 1.82) is 0 Å². The first-order chi connectivity index (χ1) is 7.34. The van der Waals surface area contributed by atoms with Crippen molar-refractivity contribution in [3.05, 3.63) is 35.4 Å². The van der Waals surface area contributed by atoms with E-state index in [9.17, 15) is 0 Å². The summed E-state index contributed by atoms with van der Waals surface area (Å²) in [5.41, 5.74) is 2.37. The molecule has 0 bridgehead atoms. The fraction of sp³-hybridized carbons (Fsp3) is 0.462. The van der Waals surface area contributed by atoms with Crippen LogP contribution in [0.4, 0.5) is 0 Å². The van der Waals surface area contributed by atoms with Crippen LogP contribution in [-0.2, 0) is 11.4 Å². The zero-order valence-electron chi connectivity index (χ0n) is 10.6. The summed E-state index contributed by atoms with van der Waals surface area (Å²) in [6.45, 7) is 13.8. The average Bonchev–Trinajstić information content (AvgIpc) is 2.33. The largest absolute Gasteiger partial charge is 0.391 e. The zero-order chi connectivity index (χ0) is 12.1. The second-order valence-electron chi connectivity index (χ2n) is 2.33. The van der Waals surface area contributed by atoms with Crippen LogP contribution < -0.4 is 0 Å². The minimum absolute atomic E-state index is 0.510. The molecule has 2 nitrogen and oxygen atoms in total. The van der Waals surface area contributed by atoms with Gasteiger partial charge in [0.2, 0.25) is 0 Å². The van der Waals surface area contributed by atoms with E-state index in [1.54, 1.807) is 0 Å². The van der Waals surface area contributed by atoms with Crippen LogP contribution in [0.2, 0.25) is 0 Å². The Kier molecular flexibility index (Phi) is 13.6. The molecule has 86 valence electrons. The van der Waals surface area contributed by atoms with Crippen molar-refractivity contribution in [3.63, 3.8) is 0 Å². The summed E-state index contributed by atoms with van der Waals surface area (Å²) in [6, 6.07) is 8.04. The lowest BCUT2D eigenvalue weighted by molar-refractivity contribution is 0.133. The van der Waals surface area contributed by atoms with Gasteiger partial charge in [-0.25, -0.2) is 0 Å². The van der Waals surface area contributed by atoms with E-state index in [1.165, 1.54) is 5.56 Å². The third-order valence-corrected chi connectivity index (χ3v) is 1.57. The van der Waals surface area contributed by atoms with Crippen LogP contribution in [0.5, 0.6) is 0 Å². The lowest BCUT2D eigenvalue weighted by Gasteiger charge is -2.01. The Bertz CT molecular complexity index is 246. The highest BCUT2D eigenvalue weighted by Gasteiger charge is 1.94. The molecule has 0 aromatic heterocycles. The topological polar surface area (TPSA) is 21.6 Å². The molecule has 0 unspecified atom stereocenters. The van der Waals surface area contributed by atoms with Gasteiger partial charge < -0.3 is 4.84 Å². The van der Waals surface area contributed by atoms with E-state index in [0.717, 1.165) is 5.56 Å². The Labute approximate surface area is 94.0 Å². The van der Waals surface area contributed by atoms with Gasteiger partial charge in [0.05, 0.1) is 0 Å². The first-order valence-electron chi connectivity index (χ1n) is 5.47. The van der Waals surface area contributed by atoms with Gasteiger partial charge in [-0.3, -0.25) is 0 Å². The minimum atomic E-state index is 0.510. The van der Waals surface area contributed by atoms with Crippen molar-refractivity contribution in [2.24, 2.45) is 5.16 Å². The standard InChI is InChI=1S/C9H11NO.2C2H6/c1-8-5-3-4-6-9(8)7-11-10-2;2*1-2/h3-6H,2,7H2,1H3;2*1-2H3. The molecule has 0 amide bonds. The molecule has 0 aliphatic carbocycles. The normalized spacial score (nSPS) is 7.53. The van der Waals surface area contributed by atoms with Crippen LogP contribution >= 0.6 is 0 Å². The number of nitrogens with zero attached hydrogens (tertiary/aromatic N) is 1. The number of aryl methyl sites for hydroxylation is 1. The monoisotopic (exact) mass is 209 g/mol. The fourth-order valence-electron chi connectivity index (χ4n) is 0.887. The Morgan fingerprint density at radius 2 is 1.67 bits per heavy atom. The first kappa shape index (κ1) is 16.1. The SMILES string of the molecule is C=NOCc1ccccc1C.CC.CC. The van der Waals surface area contributed by atoms with E-state index in [2.05, 4.69) is 11.9 Å². The summed E-state index contributed by atoms with van der Waals surface area (Å²) in [5.74, 6) is 0. The number of hydrogen-bond donors (Lipinski definition) is 0. The van der Waals surface area contributed by atoms with Crippen LogP contribution in [0.15, 0.2) is 29.4 Å². The Hall–Kier alpha value is -1.31.